The van der Waals surface area contributed by atoms with Crippen molar-refractivity contribution in [2.45, 2.75) is 53.1 Å². The summed E-state index contributed by atoms with van der Waals surface area (Å²) in [5, 5.41) is 6.56. The van der Waals surface area contributed by atoms with Gasteiger partial charge in [-0.2, -0.15) is 0 Å². The van der Waals surface area contributed by atoms with E-state index in [2.05, 4.69) is 73.4 Å². The number of aromatic nitrogens is 1. The largest absolute Gasteiger partial charge is 0.443 e. The Bertz CT molecular complexity index is 710. The predicted molar refractivity (Wildman–Crippen MR) is 98.2 cm³/mol. The van der Waals surface area contributed by atoms with Gasteiger partial charge < -0.3 is 15.1 Å². The molecule has 130 valence electrons. The van der Waals surface area contributed by atoms with Crippen LogP contribution in [0.25, 0.3) is 0 Å². The highest BCUT2D eigenvalue weighted by atomic mass is 16.4. The number of hydrogen-bond acceptors (Lipinski definition) is 3. The lowest BCUT2D eigenvalue weighted by atomic mass is 9.94. The molecule has 1 aromatic heterocycles. The van der Waals surface area contributed by atoms with E-state index in [4.69, 9.17) is 4.42 Å². The van der Waals surface area contributed by atoms with E-state index in [1.165, 1.54) is 16.7 Å². The van der Waals surface area contributed by atoms with Gasteiger partial charge in [0.2, 0.25) is 5.89 Å². The van der Waals surface area contributed by atoms with Crippen molar-refractivity contribution in [2.75, 3.05) is 7.05 Å². The first-order valence-corrected chi connectivity index (χ1v) is 8.25. The van der Waals surface area contributed by atoms with Crippen molar-refractivity contribution >= 4 is 5.96 Å². The monoisotopic (exact) mass is 328 g/mol. The molecular formula is C19H28N4O. The predicted octanol–water partition coefficient (Wildman–Crippen LogP) is 3.45. The minimum atomic E-state index is -0.0336. The van der Waals surface area contributed by atoms with Crippen LogP contribution >= 0.6 is 0 Å². The lowest BCUT2D eigenvalue weighted by molar-refractivity contribution is 0.379. The zero-order chi connectivity index (χ0) is 17.7. The van der Waals surface area contributed by atoms with Gasteiger partial charge in [0.15, 0.2) is 5.96 Å². The van der Waals surface area contributed by atoms with Crippen molar-refractivity contribution in [3.8, 4) is 0 Å². The fourth-order valence-corrected chi connectivity index (χ4v) is 2.34. The van der Waals surface area contributed by atoms with E-state index in [1.54, 1.807) is 13.2 Å². The van der Waals surface area contributed by atoms with Crippen LogP contribution in [-0.2, 0) is 18.5 Å². The number of nitrogens with zero attached hydrogens (tertiary/aromatic N) is 2. The number of oxazole rings is 1. The second kappa shape index (κ2) is 7.51. The number of guanidine groups is 1. The van der Waals surface area contributed by atoms with Crippen LogP contribution in [0.2, 0.25) is 0 Å². The Hall–Kier alpha value is -2.30. The molecule has 1 aromatic carbocycles. The van der Waals surface area contributed by atoms with E-state index < -0.39 is 0 Å². The third-order valence-corrected chi connectivity index (χ3v) is 3.87. The topological polar surface area (TPSA) is 62.5 Å². The summed E-state index contributed by atoms with van der Waals surface area (Å²) < 4.78 is 5.78. The Kier molecular flexibility index (Phi) is 5.65. The average molecular weight is 328 g/mol. The van der Waals surface area contributed by atoms with Gasteiger partial charge in [0.05, 0.1) is 12.7 Å². The van der Waals surface area contributed by atoms with Crippen LogP contribution in [0.3, 0.4) is 0 Å². The standard InChI is InChI=1S/C19H28N4O/c1-13-7-8-15(14(2)9-13)10-22-18(20-6)23-12-17-21-11-16(24-17)19(3,4)5/h7-9,11H,10,12H2,1-6H3,(H2,20,22,23). The zero-order valence-corrected chi connectivity index (χ0v) is 15.5. The van der Waals surface area contributed by atoms with Crippen molar-refractivity contribution in [2.24, 2.45) is 4.99 Å². The molecule has 2 rings (SSSR count). The number of rotatable bonds is 4. The van der Waals surface area contributed by atoms with E-state index in [1.807, 2.05) is 0 Å². The van der Waals surface area contributed by atoms with Gasteiger partial charge in [0, 0.05) is 19.0 Å². The summed E-state index contributed by atoms with van der Waals surface area (Å²) >= 11 is 0. The van der Waals surface area contributed by atoms with Crippen molar-refractivity contribution in [1.29, 1.82) is 0 Å². The lowest BCUT2D eigenvalue weighted by Gasteiger charge is -2.14. The summed E-state index contributed by atoms with van der Waals surface area (Å²) in [6, 6.07) is 6.46. The van der Waals surface area contributed by atoms with Crippen molar-refractivity contribution < 1.29 is 4.42 Å². The second-order valence-corrected chi connectivity index (χ2v) is 7.08. The van der Waals surface area contributed by atoms with E-state index in [-0.39, 0.29) is 5.41 Å². The van der Waals surface area contributed by atoms with Crippen molar-refractivity contribution in [1.82, 2.24) is 15.6 Å². The molecular weight excluding hydrogens is 300 g/mol. The Morgan fingerprint density at radius 3 is 2.46 bits per heavy atom. The SMILES string of the molecule is CN=C(NCc1ncc(C(C)(C)C)o1)NCc1ccc(C)cc1C. The summed E-state index contributed by atoms with van der Waals surface area (Å²) in [5.41, 5.74) is 3.78. The fraction of sp³-hybridized carbons (Fsp3) is 0.474. The molecule has 0 spiro atoms. The molecule has 0 aliphatic carbocycles. The molecule has 5 heteroatoms. The zero-order valence-electron chi connectivity index (χ0n) is 15.5. The maximum Gasteiger partial charge on any atom is 0.213 e. The molecule has 2 aromatic rings. The number of aryl methyl sites for hydroxylation is 2. The first kappa shape index (κ1) is 18.0. The summed E-state index contributed by atoms with van der Waals surface area (Å²) in [4.78, 5) is 8.57. The van der Waals surface area contributed by atoms with Gasteiger partial charge in [0.25, 0.3) is 0 Å². The molecule has 2 N–H and O–H groups in total. The summed E-state index contributed by atoms with van der Waals surface area (Å²) in [6.45, 7) is 11.8. The average Bonchev–Trinajstić information content (AvgIpc) is 2.98. The molecule has 0 fully saturated rings. The number of hydrogen-bond donors (Lipinski definition) is 2. The molecule has 24 heavy (non-hydrogen) atoms. The number of nitrogens with one attached hydrogen (secondary N) is 2. The molecule has 5 nitrogen and oxygen atoms in total. The van der Waals surface area contributed by atoms with E-state index in [9.17, 15) is 0 Å². The molecule has 0 atom stereocenters. The maximum absolute atomic E-state index is 5.78. The maximum atomic E-state index is 5.78. The molecule has 0 unspecified atom stereocenters. The van der Waals surface area contributed by atoms with Crippen molar-refractivity contribution in [3.63, 3.8) is 0 Å². The molecule has 0 amide bonds. The van der Waals surface area contributed by atoms with Gasteiger partial charge in [0.1, 0.15) is 5.76 Å². The lowest BCUT2D eigenvalue weighted by Crippen LogP contribution is -2.36. The second-order valence-electron chi connectivity index (χ2n) is 7.08. The molecule has 0 aliphatic heterocycles. The van der Waals surface area contributed by atoms with Crippen LogP contribution in [0.15, 0.2) is 33.8 Å². The van der Waals surface area contributed by atoms with Crippen LogP contribution in [0, 0.1) is 13.8 Å². The van der Waals surface area contributed by atoms with Gasteiger partial charge in [-0.3, -0.25) is 4.99 Å². The third-order valence-electron chi connectivity index (χ3n) is 3.87. The van der Waals surface area contributed by atoms with Crippen LogP contribution in [0.1, 0.15) is 49.1 Å². The third kappa shape index (κ3) is 4.85. The minimum absolute atomic E-state index is 0.0336. The van der Waals surface area contributed by atoms with E-state index in [0.717, 1.165) is 18.3 Å². The summed E-state index contributed by atoms with van der Waals surface area (Å²) in [5.74, 6) is 2.28. The molecule has 0 bridgehead atoms. The Labute approximate surface area is 144 Å². The number of aliphatic imine (C=N–C) groups is 1. The molecule has 1 heterocycles. The normalized spacial score (nSPS) is 12.3. The van der Waals surface area contributed by atoms with Gasteiger partial charge in [-0.05, 0) is 25.0 Å². The first-order valence-electron chi connectivity index (χ1n) is 8.25. The van der Waals surface area contributed by atoms with Gasteiger partial charge in [-0.15, -0.1) is 0 Å². The number of benzene rings is 1. The van der Waals surface area contributed by atoms with Gasteiger partial charge in [-0.1, -0.05) is 44.5 Å². The van der Waals surface area contributed by atoms with Crippen LogP contribution < -0.4 is 10.6 Å². The minimum Gasteiger partial charge on any atom is -0.443 e. The first-order chi connectivity index (χ1) is 11.3. The van der Waals surface area contributed by atoms with Crippen LogP contribution in [-0.4, -0.2) is 18.0 Å². The molecule has 0 saturated heterocycles. The highest BCUT2D eigenvalue weighted by molar-refractivity contribution is 5.79. The Morgan fingerprint density at radius 1 is 1.17 bits per heavy atom. The van der Waals surface area contributed by atoms with Crippen LogP contribution in [0.5, 0.6) is 0 Å². The highest BCUT2D eigenvalue weighted by Crippen LogP contribution is 2.22. The van der Waals surface area contributed by atoms with Crippen molar-refractivity contribution in [3.05, 3.63) is 52.7 Å². The molecule has 0 radical (unpaired) electrons. The summed E-state index contributed by atoms with van der Waals surface area (Å²) in [7, 11) is 1.76. The van der Waals surface area contributed by atoms with E-state index in [0.29, 0.717) is 12.4 Å². The molecule has 0 saturated carbocycles. The van der Waals surface area contributed by atoms with E-state index >= 15 is 0 Å². The Morgan fingerprint density at radius 2 is 1.88 bits per heavy atom. The summed E-state index contributed by atoms with van der Waals surface area (Å²) in [6.07, 6.45) is 1.79. The van der Waals surface area contributed by atoms with Gasteiger partial charge in [-0.25, -0.2) is 4.98 Å². The van der Waals surface area contributed by atoms with Gasteiger partial charge >= 0.3 is 0 Å². The van der Waals surface area contributed by atoms with Crippen LogP contribution in [0.4, 0.5) is 0 Å². The fourth-order valence-electron chi connectivity index (χ4n) is 2.34. The smallest absolute Gasteiger partial charge is 0.213 e. The quantitative estimate of drug-likeness (QED) is 0.666. The highest BCUT2D eigenvalue weighted by Gasteiger charge is 2.19. The molecule has 0 aliphatic rings. The Balaban J connectivity index is 1.90.